The topological polar surface area (TPSA) is 150 Å². The predicted molar refractivity (Wildman–Crippen MR) is 80.2 cm³/mol. The number of amides is 2. The fraction of sp³-hybridized carbons (Fsp3) is 0.545. The van der Waals surface area contributed by atoms with Gasteiger partial charge in [0.25, 0.3) is 0 Å². The van der Waals surface area contributed by atoms with Crippen molar-refractivity contribution in [3.8, 4) is 0 Å². The lowest BCUT2D eigenvalue weighted by atomic mass is 10.1. The molecule has 0 radical (unpaired) electrons. The van der Waals surface area contributed by atoms with Crippen molar-refractivity contribution in [2.75, 3.05) is 13.1 Å². The van der Waals surface area contributed by atoms with Gasteiger partial charge in [-0.05, 0) is 6.92 Å². The van der Waals surface area contributed by atoms with Crippen molar-refractivity contribution in [1.82, 2.24) is 25.2 Å². The number of nitrogens with one attached hydrogen (secondary N) is 1. The van der Waals surface area contributed by atoms with Crippen LogP contribution in [0.3, 0.4) is 0 Å². The van der Waals surface area contributed by atoms with Crippen LogP contribution in [0.15, 0.2) is 11.2 Å². The number of rotatable bonds is 4. The van der Waals surface area contributed by atoms with Crippen molar-refractivity contribution < 1.29 is 27.3 Å². The van der Waals surface area contributed by atoms with Gasteiger partial charge < -0.3 is 4.90 Å². The first-order chi connectivity index (χ1) is 11.3. The highest BCUT2D eigenvalue weighted by atomic mass is 32.3. The van der Waals surface area contributed by atoms with Crippen LogP contribution in [0.5, 0.6) is 0 Å². The summed E-state index contributed by atoms with van der Waals surface area (Å²) < 4.78 is 36.1. The van der Waals surface area contributed by atoms with E-state index in [0.29, 0.717) is 24.7 Å². The molecule has 2 aliphatic rings. The number of fused-ring (bicyclic) bond motifs is 4. The molecule has 0 spiro atoms. The maximum Gasteiger partial charge on any atom is 0.418 e. The minimum atomic E-state index is -4.72. The van der Waals surface area contributed by atoms with Crippen molar-refractivity contribution in [3.05, 3.63) is 17.5 Å². The Morgan fingerprint density at radius 2 is 2.29 bits per heavy atom. The largest absolute Gasteiger partial charge is 0.418 e. The van der Waals surface area contributed by atoms with Crippen LogP contribution in [0.4, 0.5) is 4.79 Å². The molecule has 1 aromatic heterocycles. The smallest absolute Gasteiger partial charge is 0.314 e. The minimum Gasteiger partial charge on any atom is -0.314 e. The standard InChI is InChI=1S/C8H10N4O5S.C3H8N2O/c1-10-6-3-11-4-7(5(6)2-9-10)12(8(11)13)17-18(14,15)16;1-2-4-3-5-6/h2,7H,3-4H2,1H3,(H,14,15,16);3,6H,2H2,1H3,(H,4,5). The Labute approximate surface area is 138 Å². The van der Waals surface area contributed by atoms with E-state index < -0.39 is 22.5 Å². The molecule has 12 nitrogen and oxygen atoms in total. The molecular formula is C11H18N6O6S. The summed E-state index contributed by atoms with van der Waals surface area (Å²) in [6.07, 6.45) is 2.80. The molecule has 1 fully saturated rings. The van der Waals surface area contributed by atoms with E-state index in [0.717, 1.165) is 11.3 Å². The Bertz CT molecular complexity index is 725. The normalized spacial score (nSPS) is 19.3. The van der Waals surface area contributed by atoms with E-state index in [1.807, 2.05) is 6.92 Å². The lowest BCUT2D eigenvalue weighted by Crippen LogP contribution is -2.32. The molecule has 3 N–H and O–H groups in total. The zero-order valence-electron chi connectivity index (χ0n) is 13.0. The molecule has 2 bridgehead atoms. The van der Waals surface area contributed by atoms with E-state index >= 15 is 0 Å². The monoisotopic (exact) mass is 362 g/mol. The van der Waals surface area contributed by atoms with Crippen molar-refractivity contribution >= 4 is 22.8 Å². The predicted octanol–water partition coefficient (Wildman–Crippen LogP) is -0.540. The third-order valence-corrected chi connectivity index (χ3v) is 3.78. The van der Waals surface area contributed by atoms with E-state index in [-0.39, 0.29) is 0 Å². The minimum absolute atomic E-state index is 0.313. The van der Waals surface area contributed by atoms with E-state index in [1.54, 1.807) is 23.4 Å². The molecule has 1 unspecified atom stereocenters. The van der Waals surface area contributed by atoms with Gasteiger partial charge in [-0.1, -0.05) is 0 Å². The molecule has 3 heterocycles. The number of urea groups is 1. The molecule has 134 valence electrons. The van der Waals surface area contributed by atoms with Crippen LogP contribution < -0.4 is 5.48 Å². The molecule has 0 aromatic carbocycles. The average molecular weight is 362 g/mol. The highest BCUT2D eigenvalue weighted by molar-refractivity contribution is 7.80. The summed E-state index contributed by atoms with van der Waals surface area (Å²) in [7, 11) is -2.98. The number of hydroxylamine groups is 3. The van der Waals surface area contributed by atoms with Crippen molar-refractivity contribution in [2.45, 2.75) is 19.5 Å². The summed E-state index contributed by atoms with van der Waals surface area (Å²) in [6, 6.07) is -1.16. The van der Waals surface area contributed by atoms with Crippen LogP contribution >= 0.6 is 0 Å². The molecule has 1 aromatic rings. The van der Waals surface area contributed by atoms with Gasteiger partial charge in [-0.25, -0.2) is 4.79 Å². The zero-order chi connectivity index (χ0) is 17.9. The quantitative estimate of drug-likeness (QED) is 0.280. The van der Waals surface area contributed by atoms with E-state index in [4.69, 9.17) is 9.76 Å². The summed E-state index contributed by atoms with van der Waals surface area (Å²) in [4.78, 5) is 16.9. The van der Waals surface area contributed by atoms with Gasteiger partial charge in [-0.3, -0.25) is 24.9 Å². The molecule has 2 amide bonds. The first-order valence-electron chi connectivity index (χ1n) is 6.92. The summed E-state index contributed by atoms with van der Waals surface area (Å²) in [6.45, 7) is 3.24. The maximum atomic E-state index is 11.9. The molecule has 0 aliphatic carbocycles. The number of nitrogens with zero attached hydrogens (tertiary/aromatic N) is 5. The van der Waals surface area contributed by atoms with Crippen molar-refractivity contribution in [1.29, 1.82) is 0 Å². The van der Waals surface area contributed by atoms with Crippen LogP contribution in [-0.4, -0.2) is 63.4 Å². The molecule has 2 aliphatic heterocycles. The zero-order valence-corrected chi connectivity index (χ0v) is 13.8. The van der Waals surface area contributed by atoms with Gasteiger partial charge in [0.05, 0.1) is 25.0 Å². The van der Waals surface area contributed by atoms with Gasteiger partial charge in [0, 0.05) is 19.2 Å². The second-order valence-corrected chi connectivity index (χ2v) is 5.94. The summed E-state index contributed by atoms with van der Waals surface area (Å²) in [5.41, 5.74) is 3.32. The van der Waals surface area contributed by atoms with Gasteiger partial charge in [0.2, 0.25) is 0 Å². The number of hydrogen-bond acceptors (Lipinski definition) is 7. The van der Waals surface area contributed by atoms with Crippen molar-refractivity contribution in [3.63, 3.8) is 0 Å². The molecule has 24 heavy (non-hydrogen) atoms. The fourth-order valence-electron chi connectivity index (χ4n) is 2.44. The maximum absolute atomic E-state index is 11.9. The SMILES string of the molecule is CCN=CNO.Cn1ncc2c1CN1CC2N(OS(=O)(=O)O)C1=O. The Morgan fingerprint density at radius 3 is 2.83 bits per heavy atom. The summed E-state index contributed by atoms with van der Waals surface area (Å²) in [5, 5.41) is 12.5. The van der Waals surface area contributed by atoms with Gasteiger partial charge in [0.15, 0.2) is 0 Å². The number of carbonyl (C=O) groups is 1. The molecule has 3 rings (SSSR count). The third kappa shape index (κ3) is 3.81. The molecule has 1 atom stereocenters. The van der Waals surface area contributed by atoms with Crippen molar-refractivity contribution in [2.24, 2.45) is 12.0 Å². The second kappa shape index (κ2) is 7.12. The lowest BCUT2D eigenvalue weighted by Gasteiger charge is -2.21. The Hall–Kier alpha value is -2.22. The van der Waals surface area contributed by atoms with Gasteiger partial charge >= 0.3 is 16.4 Å². The lowest BCUT2D eigenvalue weighted by molar-refractivity contribution is -0.0316. The van der Waals surface area contributed by atoms with Gasteiger partial charge in [-0.15, -0.1) is 4.28 Å². The highest BCUT2D eigenvalue weighted by Gasteiger charge is 2.47. The summed E-state index contributed by atoms with van der Waals surface area (Å²) in [5.74, 6) is 0. The highest BCUT2D eigenvalue weighted by Crippen LogP contribution is 2.37. The second-order valence-electron chi connectivity index (χ2n) is 4.93. The molecular weight excluding hydrogens is 344 g/mol. The number of aryl methyl sites for hydroxylation is 1. The van der Waals surface area contributed by atoms with Crippen LogP contribution in [0.1, 0.15) is 24.2 Å². The fourth-order valence-corrected chi connectivity index (χ4v) is 2.81. The van der Waals surface area contributed by atoms with Crippen LogP contribution in [0, 0.1) is 0 Å². The van der Waals surface area contributed by atoms with E-state index in [1.165, 1.54) is 11.2 Å². The summed E-state index contributed by atoms with van der Waals surface area (Å²) >= 11 is 0. The number of carbonyl (C=O) groups excluding carboxylic acids is 1. The van der Waals surface area contributed by atoms with E-state index in [2.05, 4.69) is 14.4 Å². The molecule has 13 heteroatoms. The first kappa shape index (κ1) is 18.1. The number of aromatic nitrogens is 2. The van der Waals surface area contributed by atoms with Gasteiger partial charge in [-0.2, -0.15) is 18.6 Å². The van der Waals surface area contributed by atoms with Crippen LogP contribution in [-0.2, 0) is 28.3 Å². The van der Waals surface area contributed by atoms with Crippen LogP contribution in [0.25, 0.3) is 0 Å². The number of aliphatic imine (C=N–C) groups is 1. The molecule has 1 saturated heterocycles. The van der Waals surface area contributed by atoms with Crippen LogP contribution in [0.2, 0.25) is 0 Å². The average Bonchev–Trinajstić information content (AvgIpc) is 3.00. The van der Waals surface area contributed by atoms with Gasteiger partial charge in [0.1, 0.15) is 12.4 Å². The Balaban J connectivity index is 0.000000301. The van der Waals surface area contributed by atoms with E-state index in [9.17, 15) is 13.2 Å². The molecule has 0 saturated carbocycles. The Kier molecular flexibility index (Phi) is 5.38. The third-order valence-electron chi connectivity index (χ3n) is 3.44. The first-order valence-corrected chi connectivity index (χ1v) is 8.28. The number of hydrogen-bond donors (Lipinski definition) is 3. The Morgan fingerprint density at radius 1 is 1.58 bits per heavy atom.